The van der Waals surface area contributed by atoms with Crippen LogP contribution >= 0.6 is 0 Å². The Morgan fingerprint density at radius 1 is 1.17 bits per heavy atom. The van der Waals surface area contributed by atoms with Gasteiger partial charge in [0.2, 0.25) is 11.7 Å². The zero-order valence-electron chi connectivity index (χ0n) is 25.1. The van der Waals surface area contributed by atoms with E-state index in [1.54, 1.807) is 43.3 Å². The van der Waals surface area contributed by atoms with Crippen LogP contribution in [0.5, 0.6) is 5.75 Å². The summed E-state index contributed by atoms with van der Waals surface area (Å²) >= 11 is 0. The molecule has 0 bridgehead atoms. The SMILES string of the molecule is CCC[C@@H]1O[C@@H]2CC3[C@@H]4CCC5=CC(=O)C=C[C@]5(C)C4[C@@H](O)C[C@]3(C)[C@]2(C(=O)COc2ccc(NC(=O)CC)cc2)O1. The number of ether oxygens (including phenoxy) is 3. The van der Waals surface area contributed by atoms with Crippen molar-refractivity contribution in [2.24, 2.45) is 28.6 Å². The minimum absolute atomic E-state index is 0.0140. The molecular formula is C34H43NO7. The Kier molecular flexibility index (Phi) is 7.47. The second-order valence-corrected chi connectivity index (χ2v) is 13.3. The number of nitrogens with one attached hydrogen (secondary N) is 1. The number of carbonyl (C=O) groups is 3. The van der Waals surface area contributed by atoms with Gasteiger partial charge in [-0.1, -0.05) is 45.8 Å². The number of hydrogen-bond donors (Lipinski definition) is 2. The maximum absolute atomic E-state index is 14.4. The van der Waals surface area contributed by atoms with E-state index < -0.39 is 29.5 Å². The second-order valence-electron chi connectivity index (χ2n) is 13.3. The van der Waals surface area contributed by atoms with Crippen molar-refractivity contribution in [2.45, 2.75) is 96.7 Å². The summed E-state index contributed by atoms with van der Waals surface area (Å²) in [7, 11) is 0. The van der Waals surface area contributed by atoms with Crippen molar-refractivity contribution in [2.75, 3.05) is 11.9 Å². The molecule has 1 aliphatic heterocycles. The molecular weight excluding hydrogens is 534 g/mol. The summed E-state index contributed by atoms with van der Waals surface area (Å²) in [6, 6.07) is 6.99. The second kappa shape index (κ2) is 10.7. The highest BCUT2D eigenvalue weighted by atomic mass is 16.7. The van der Waals surface area contributed by atoms with Gasteiger partial charge in [-0.3, -0.25) is 14.4 Å². The fourth-order valence-electron chi connectivity index (χ4n) is 9.15. The Bertz CT molecular complexity index is 1320. The number of benzene rings is 1. The van der Waals surface area contributed by atoms with Crippen LogP contribution in [0.4, 0.5) is 5.69 Å². The van der Waals surface area contributed by atoms with Crippen molar-refractivity contribution in [1.29, 1.82) is 0 Å². The molecule has 4 aliphatic carbocycles. The molecule has 2 unspecified atom stereocenters. The molecule has 8 heteroatoms. The Morgan fingerprint density at radius 2 is 1.93 bits per heavy atom. The summed E-state index contributed by atoms with van der Waals surface area (Å²) in [6.45, 7) is 7.95. The molecule has 2 N–H and O–H groups in total. The predicted octanol–water partition coefficient (Wildman–Crippen LogP) is 5.15. The number of rotatable bonds is 8. The van der Waals surface area contributed by atoms with Crippen LogP contribution < -0.4 is 10.1 Å². The van der Waals surface area contributed by atoms with Crippen LogP contribution in [0.2, 0.25) is 0 Å². The fourth-order valence-corrected chi connectivity index (χ4v) is 9.15. The van der Waals surface area contributed by atoms with Crippen LogP contribution in [-0.4, -0.2) is 53.3 Å². The lowest BCUT2D eigenvalue weighted by atomic mass is 9.46. The van der Waals surface area contributed by atoms with Gasteiger partial charge in [0, 0.05) is 28.9 Å². The first-order chi connectivity index (χ1) is 20.1. The van der Waals surface area contributed by atoms with Crippen LogP contribution in [0, 0.1) is 28.6 Å². The van der Waals surface area contributed by atoms with Gasteiger partial charge < -0.3 is 24.6 Å². The summed E-state index contributed by atoms with van der Waals surface area (Å²) in [6.07, 6.45) is 8.58. The van der Waals surface area contributed by atoms with E-state index in [0.717, 1.165) is 24.8 Å². The van der Waals surface area contributed by atoms with Crippen molar-refractivity contribution in [3.8, 4) is 5.75 Å². The third-order valence-corrected chi connectivity index (χ3v) is 11.1. The van der Waals surface area contributed by atoms with E-state index in [2.05, 4.69) is 26.1 Å². The first-order valence-electron chi connectivity index (χ1n) is 15.6. The number of Topliss-reactive ketones (excluding diaryl/α,β-unsaturated/α-hetero) is 1. The van der Waals surface area contributed by atoms with Crippen LogP contribution in [0.3, 0.4) is 0 Å². The molecule has 1 amide bonds. The largest absolute Gasteiger partial charge is 0.486 e. The highest BCUT2D eigenvalue weighted by Crippen LogP contribution is 2.69. The fraction of sp³-hybridized carbons (Fsp3) is 0.618. The van der Waals surface area contributed by atoms with Crippen LogP contribution in [0.15, 0.2) is 48.1 Å². The number of amides is 1. The van der Waals surface area contributed by atoms with Crippen molar-refractivity contribution in [3.63, 3.8) is 0 Å². The van der Waals surface area contributed by atoms with Gasteiger partial charge in [-0.2, -0.15) is 0 Å². The average Bonchev–Trinajstić information content (AvgIpc) is 3.44. The third-order valence-electron chi connectivity index (χ3n) is 11.1. The van der Waals surface area contributed by atoms with Crippen molar-refractivity contribution < 1.29 is 33.7 Å². The quantitative estimate of drug-likeness (QED) is 0.440. The molecule has 4 fully saturated rings. The minimum Gasteiger partial charge on any atom is -0.486 e. The normalized spacial score (nSPS) is 39.9. The van der Waals surface area contributed by atoms with E-state index in [1.807, 2.05) is 6.08 Å². The van der Waals surface area contributed by atoms with Crippen molar-refractivity contribution in [1.82, 2.24) is 0 Å². The average molecular weight is 578 g/mol. The van der Waals surface area contributed by atoms with E-state index in [0.29, 0.717) is 37.1 Å². The van der Waals surface area contributed by atoms with Gasteiger partial charge in [-0.05, 0) is 80.4 Å². The smallest absolute Gasteiger partial charge is 0.224 e. The molecule has 1 heterocycles. The number of ketones is 2. The molecule has 0 radical (unpaired) electrons. The van der Waals surface area contributed by atoms with Gasteiger partial charge in [-0.15, -0.1) is 0 Å². The van der Waals surface area contributed by atoms with E-state index >= 15 is 0 Å². The summed E-state index contributed by atoms with van der Waals surface area (Å²) in [5.74, 6) is 0.552. The molecule has 1 aromatic carbocycles. The molecule has 1 aromatic rings. The molecule has 3 saturated carbocycles. The van der Waals surface area contributed by atoms with Gasteiger partial charge in [0.1, 0.15) is 12.4 Å². The lowest BCUT2D eigenvalue weighted by Gasteiger charge is -2.59. The molecule has 9 atom stereocenters. The highest BCUT2D eigenvalue weighted by molar-refractivity contribution is 6.01. The Labute approximate surface area is 247 Å². The summed E-state index contributed by atoms with van der Waals surface area (Å²) in [4.78, 5) is 38.2. The molecule has 5 aliphatic rings. The van der Waals surface area contributed by atoms with Gasteiger partial charge >= 0.3 is 0 Å². The highest BCUT2D eigenvalue weighted by Gasteiger charge is 2.75. The zero-order valence-corrected chi connectivity index (χ0v) is 25.1. The van der Waals surface area contributed by atoms with Gasteiger partial charge in [0.05, 0.1) is 12.2 Å². The maximum atomic E-state index is 14.4. The van der Waals surface area contributed by atoms with Crippen LogP contribution in [0.1, 0.15) is 72.6 Å². The van der Waals surface area contributed by atoms with Crippen molar-refractivity contribution in [3.05, 3.63) is 48.1 Å². The minimum atomic E-state index is -1.21. The molecule has 226 valence electrons. The number of anilines is 1. The molecule has 6 rings (SSSR count). The van der Waals surface area contributed by atoms with Crippen LogP contribution in [-0.2, 0) is 23.9 Å². The van der Waals surface area contributed by atoms with Crippen LogP contribution in [0.25, 0.3) is 0 Å². The van der Waals surface area contributed by atoms with E-state index in [1.165, 1.54) is 0 Å². The Morgan fingerprint density at radius 3 is 2.64 bits per heavy atom. The lowest BCUT2D eigenvalue weighted by Crippen LogP contribution is -2.63. The van der Waals surface area contributed by atoms with E-state index in [9.17, 15) is 19.5 Å². The Hall–Kier alpha value is -2.81. The predicted molar refractivity (Wildman–Crippen MR) is 157 cm³/mol. The number of hydrogen-bond acceptors (Lipinski definition) is 7. The maximum Gasteiger partial charge on any atom is 0.224 e. The van der Waals surface area contributed by atoms with Gasteiger partial charge in [0.15, 0.2) is 17.7 Å². The summed E-state index contributed by atoms with van der Waals surface area (Å²) in [5, 5.41) is 14.7. The monoisotopic (exact) mass is 577 g/mol. The summed E-state index contributed by atoms with van der Waals surface area (Å²) in [5.41, 5.74) is -0.464. The number of fused-ring (bicyclic) bond motifs is 7. The molecule has 42 heavy (non-hydrogen) atoms. The zero-order chi connectivity index (χ0) is 29.9. The molecule has 1 saturated heterocycles. The third kappa shape index (κ3) is 4.40. The molecule has 0 aromatic heterocycles. The van der Waals surface area contributed by atoms with Gasteiger partial charge in [-0.25, -0.2) is 0 Å². The first-order valence-corrected chi connectivity index (χ1v) is 15.6. The van der Waals surface area contributed by atoms with Crippen molar-refractivity contribution >= 4 is 23.2 Å². The number of aliphatic hydroxyl groups is 1. The first kappa shape index (κ1) is 29.3. The number of allylic oxidation sites excluding steroid dienone is 4. The number of carbonyl (C=O) groups excluding carboxylic acids is 3. The lowest BCUT2D eigenvalue weighted by molar-refractivity contribution is -0.200. The topological polar surface area (TPSA) is 111 Å². The molecule has 0 spiro atoms. The summed E-state index contributed by atoms with van der Waals surface area (Å²) < 4.78 is 19.2. The number of aliphatic hydroxyl groups excluding tert-OH is 1. The van der Waals surface area contributed by atoms with Gasteiger partial charge in [0.25, 0.3) is 0 Å². The Balaban J connectivity index is 1.27. The van der Waals surface area contributed by atoms with E-state index in [4.69, 9.17) is 14.2 Å². The molecule has 8 nitrogen and oxygen atoms in total. The van der Waals surface area contributed by atoms with E-state index in [-0.39, 0.29) is 47.2 Å². The standard InChI is InChI=1S/C34H43NO7/c1-5-7-30-41-28-17-25-24-13-8-20-16-22(36)14-15-32(20,3)31(24)26(37)18-33(25,4)34(28,42-30)27(38)19-40-23-11-9-21(10-12-23)35-29(39)6-2/h9-12,14-16,24-26,28,30-31,37H,5-8,13,17-19H2,1-4H3,(H,35,39)/t24-,25?,26-,28+,30+,31?,32-,33-,34+/m0/s1.